The van der Waals surface area contributed by atoms with Crippen LogP contribution in [0, 0.1) is 5.82 Å². The van der Waals surface area contributed by atoms with Crippen LogP contribution in [0.2, 0.25) is 0 Å². The van der Waals surface area contributed by atoms with Gasteiger partial charge >= 0.3 is 0 Å². The summed E-state index contributed by atoms with van der Waals surface area (Å²) in [5.74, 6) is -0.348. The van der Waals surface area contributed by atoms with Crippen molar-refractivity contribution in [3.05, 3.63) is 18.1 Å². The van der Waals surface area contributed by atoms with E-state index >= 15 is 0 Å². The van der Waals surface area contributed by atoms with Crippen LogP contribution in [0.25, 0.3) is 11.0 Å². The van der Waals surface area contributed by atoms with E-state index in [0.717, 1.165) is 10.5 Å². The summed E-state index contributed by atoms with van der Waals surface area (Å²) in [6, 6.07) is 1.38. The van der Waals surface area contributed by atoms with Gasteiger partial charge in [-0.1, -0.05) is 0 Å². The average molecular weight is 183 g/mol. The molecule has 2 rings (SSSR count). The van der Waals surface area contributed by atoms with E-state index in [1.165, 1.54) is 24.0 Å². The van der Waals surface area contributed by atoms with Crippen LogP contribution in [0.4, 0.5) is 4.39 Å². The Morgan fingerprint density at radius 3 is 3.17 bits per heavy atom. The molecule has 5 heteroatoms. The van der Waals surface area contributed by atoms with Gasteiger partial charge in [0.25, 0.3) is 0 Å². The lowest BCUT2D eigenvalue weighted by atomic mass is 10.4. The first-order valence-corrected chi connectivity index (χ1v) is 4.57. The van der Waals surface area contributed by atoms with Gasteiger partial charge in [0.1, 0.15) is 16.4 Å². The quantitative estimate of drug-likeness (QED) is 0.685. The average Bonchev–Trinajstić information content (AvgIpc) is 2.46. The minimum absolute atomic E-state index is 0.348. The largest absolute Gasteiger partial charge is 0.275 e. The Hall–Kier alpha value is -1.10. The number of nitrogens with one attached hydrogen (secondary N) is 1. The van der Waals surface area contributed by atoms with Crippen molar-refractivity contribution < 1.29 is 4.39 Å². The van der Waals surface area contributed by atoms with Crippen LogP contribution in [0.1, 0.15) is 0 Å². The Bertz CT molecular complexity index is 412. The van der Waals surface area contributed by atoms with E-state index in [0.29, 0.717) is 5.52 Å². The predicted octanol–water partition coefficient (Wildman–Crippen LogP) is 1.82. The maximum Gasteiger partial charge on any atom is 0.144 e. The van der Waals surface area contributed by atoms with Crippen LogP contribution in [0.5, 0.6) is 0 Å². The maximum atomic E-state index is 12.6. The summed E-state index contributed by atoms with van der Waals surface area (Å²) in [4.78, 5) is 3.92. The molecule has 3 nitrogen and oxygen atoms in total. The monoisotopic (exact) mass is 183 g/mol. The molecule has 2 heterocycles. The summed E-state index contributed by atoms with van der Waals surface area (Å²) in [5, 5.41) is 7.47. The van der Waals surface area contributed by atoms with Crippen LogP contribution >= 0.6 is 11.8 Å². The molecular formula is C7H6FN3S. The standard InChI is InChI=1S/C7H6FN3S/c1-12-7-6-5(10-11-7)2-4(8)3-9-6/h2-3H,1H3,(H,10,11). The van der Waals surface area contributed by atoms with Gasteiger partial charge < -0.3 is 0 Å². The van der Waals surface area contributed by atoms with Gasteiger partial charge in [-0.15, -0.1) is 11.8 Å². The Morgan fingerprint density at radius 2 is 2.42 bits per heavy atom. The molecule has 0 aliphatic rings. The predicted molar refractivity (Wildman–Crippen MR) is 45.6 cm³/mol. The molecule has 0 amide bonds. The smallest absolute Gasteiger partial charge is 0.144 e. The number of pyridine rings is 1. The second kappa shape index (κ2) is 2.75. The lowest BCUT2D eigenvalue weighted by Crippen LogP contribution is -1.78. The summed E-state index contributed by atoms with van der Waals surface area (Å²) >= 11 is 1.48. The highest BCUT2D eigenvalue weighted by molar-refractivity contribution is 7.98. The van der Waals surface area contributed by atoms with Crippen molar-refractivity contribution in [2.24, 2.45) is 0 Å². The number of aromatic amines is 1. The number of rotatable bonds is 1. The molecule has 2 aromatic rings. The fourth-order valence-corrected chi connectivity index (χ4v) is 1.49. The van der Waals surface area contributed by atoms with Gasteiger partial charge in [-0.05, 0) is 6.26 Å². The van der Waals surface area contributed by atoms with Gasteiger partial charge in [-0.25, -0.2) is 9.37 Å². The zero-order valence-corrected chi connectivity index (χ0v) is 7.15. The van der Waals surface area contributed by atoms with Crippen molar-refractivity contribution in [3.63, 3.8) is 0 Å². The minimum atomic E-state index is -0.348. The lowest BCUT2D eigenvalue weighted by Gasteiger charge is -1.89. The second-order valence-corrected chi connectivity index (χ2v) is 3.08. The maximum absolute atomic E-state index is 12.6. The number of hydrogen-bond donors (Lipinski definition) is 1. The molecule has 0 saturated carbocycles. The highest BCUT2D eigenvalue weighted by Gasteiger charge is 2.05. The van der Waals surface area contributed by atoms with Crippen LogP contribution in [0.3, 0.4) is 0 Å². The molecule has 0 spiro atoms. The third-order valence-corrected chi connectivity index (χ3v) is 2.20. The van der Waals surface area contributed by atoms with Crippen molar-refractivity contribution in [1.29, 1.82) is 0 Å². The minimum Gasteiger partial charge on any atom is -0.275 e. The molecule has 0 atom stereocenters. The summed E-state index contributed by atoms with van der Waals surface area (Å²) < 4.78 is 12.6. The molecular weight excluding hydrogens is 177 g/mol. The number of thioether (sulfide) groups is 1. The van der Waals surface area contributed by atoms with Crippen LogP contribution in [0.15, 0.2) is 17.3 Å². The number of fused-ring (bicyclic) bond motifs is 1. The summed E-state index contributed by atoms with van der Waals surface area (Å²) in [5.41, 5.74) is 1.36. The van der Waals surface area contributed by atoms with Gasteiger partial charge in [0, 0.05) is 6.07 Å². The highest BCUT2D eigenvalue weighted by Crippen LogP contribution is 2.21. The van der Waals surface area contributed by atoms with Gasteiger partial charge in [0.05, 0.1) is 11.7 Å². The molecule has 0 fully saturated rings. The topological polar surface area (TPSA) is 41.6 Å². The van der Waals surface area contributed by atoms with E-state index in [1.54, 1.807) is 0 Å². The number of nitrogens with zero attached hydrogens (tertiary/aromatic N) is 2. The van der Waals surface area contributed by atoms with E-state index in [1.807, 2.05) is 6.26 Å². The van der Waals surface area contributed by atoms with Gasteiger partial charge in [0.2, 0.25) is 0 Å². The first kappa shape index (κ1) is 7.54. The molecule has 0 aliphatic carbocycles. The molecule has 12 heavy (non-hydrogen) atoms. The van der Waals surface area contributed by atoms with E-state index in [4.69, 9.17) is 0 Å². The summed E-state index contributed by atoms with van der Waals surface area (Å²) in [7, 11) is 0. The van der Waals surface area contributed by atoms with E-state index in [9.17, 15) is 4.39 Å². The molecule has 0 unspecified atom stereocenters. The SMILES string of the molecule is CSc1n[nH]c2cc(F)cnc12. The highest BCUT2D eigenvalue weighted by atomic mass is 32.2. The van der Waals surface area contributed by atoms with Crippen molar-refractivity contribution in [2.75, 3.05) is 6.26 Å². The number of hydrogen-bond acceptors (Lipinski definition) is 3. The first-order valence-electron chi connectivity index (χ1n) is 3.35. The zero-order chi connectivity index (χ0) is 8.55. The van der Waals surface area contributed by atoms with Crippen LogP contribution in [-0.4, -0.2) is 21.4 Å². The fraction of sp³-hybridized carbons (Fsp3) is 0.143. The van der Waals surface area contributed by atoms with Crippen molar-refractivity contribution >= 4 is 22.8 Å². The molecule has 2 aromatic heterocycles. The van der Waals surface area contributed by atoms with Crippen molar-refractivity contribution in [3.8, 4) is 0 Å². The van der Waals surface area contributed by atoms with E-state index in [-0.39, 0.29) is 5.82 Å². The Labute approximate surface area is 72.4 Å². The van der Waals surface area contributed by atoms with E-state index < -0.39 is 0 Å². The first-order chi connectivity index (χ1) is 5.81. The number of halogens is 1. The normalized spacial score (nSPS) is 10.8. The van der Waals surface area contributed by atoms with Gasteiger partial charge in [0.15, 0.2) is 0 Å². The van der Waals surface area contributed by atoms with Gasteiger partial charge in [-0.2, -0.15) is 5.10 Å². The molecule has 0 bridgehead atoms. The molecule has 0 aromatic carbocycles. The van der Waals surface area contributed by atoms with Crippen LogP contribution in [-0.2, 0) is 0 Å². The Kier molecular flexibility index (Phi) is 1.73. The van der Waals surface area contributed by atoms with E-state index in [2.05, 4.69) is 15.2 Å². The molecule has 0 saturated heterocycles. The summed E-state index contributed by atoms with van der Waals surface area (Å²) in [6.45, 7) is 0. The third kappa shape index (κ3) is 1.06. The lowest BCUT2D eigenvalue weighted by molar-refractivity contribution is 0.624. The number of H-pyrrole nitrogens is 1. The third-order valence-electron chi connectivity index (χ3n) is 1.53. The molecule has 0 radical (unpaired) electrons. The van der Waals surface area contributed by atoms with Crippen molar-refractivity contribution in [1.82, 2.24) is 15.2 Å². The fourth-order valence-electron chi connectivity index (χ4n) is 1.00. The zero-order valence-electron chi connectivity index (χ0n) is 6.34. The number of aromatic nitrogens is 3. The molecule has 1 N–H and O–H groups in total. The Morgan fingerprint density at radius 1 is 1.58 bits per heavy atom. The van der Waals surface area contributed by atoms with Crippen LogP contribution < -0.4 is 0 Å². The van der Waals surface area contributed by atoms with Gasteiger partial charge in [-0.3, -0.25) is 5.10 Å². The molecule has 0 aliphatic heterocycles. The molecule has 62 valence electrons. The summed E-state index contributed by atoms with van der Waals surface area (Å²) in [6.07, 6.45) is 3.10. The van der Waals surface area contributed by atoms with Crippen molar-refractivity contribution in [2.45, 2.75) is 5.03 Å². The second-order valence-electron chi connectivity index (χ2n) is 2.28. The Balaban J connectivity index is 2.73.